The van der Waals surface area contributed by atoms with Gasteiger partial charge >= 0.3 is 0 Å². The minimum atomic E-state index is -0.0179. The maximum atomic E-state index is 13.2. The highest BCUT2D eigenvalue weighted by molar-refractivity contribution is 9.10. The van der Waals surface area contributed by atoms with Crippen LogP contribution in [0.1, 0.15) is 15.9 Å². The molecule has 128 valence electrons. The number of hydrogen-bond acceptors (Lipinski definition) is 2. The highest BCUT2D eigenvalue weighted by Crippen LogP contribution is 2.50. The molecule has 0 saturated carbocycles. The second kappa shape index (κ2) is 5.22. The van der Waals surface area contributed by atoms with Crippen molar-refractivity contribution >= 4 is 66.0 Å². The van der Waals surface area contributed by atoms with Gasteiger partial charge in [0.25, 0.3) is 0 Å². The zero-order chi connectivity index (χ0) is 18.3. The van der Waals surface area contributed by atoms with Crippen LogP contribution in [0, 0.1) is 0 Å². The Kier molecular flexibility index (Phi) is 2.98. The van der Waals surface area contributed by atoms with Crippen LogP contribution < -0.4 is 0 Å². The highest BCUT2D eigenvalue weighted by Gasteiger charge is 2.33. The maximum Gasteiger partial charge on any atom is 0.194 e. The normalized spacial score (nSPS) is 12.9. The molecular formula is C23H10BrClO2. The Bertz CT molecular complexity index is 1460. The number of halogens is 2. The number of hydrogen-bond donors (Lipinski definition) is 0. The summed E-state index contributed by atoms with van der Waals surface area (Å²) < 4.78 is 7.10. The Labute approximate surface area is 167 Å². The Morgan fingerprint density at radius 1 is 0.815 bits per heavy atom. The fourth-order valence-corrected chi connectivity index (χ4v) is 5.10. The molecule has 0 N–H and O–H groups in total. The minimum absolute atomic E-state index is 0.0179. The summed E-state index contributed by atoms with van der Waals surface area (Å²) in [6, 6.07) is 19.5. The van der Waals surface area contributed by atoms with Crippen molar-refractivity contribution in [2.75, 3.05) is 0 Å². The van der Waals surface area contributed by atoms with E-state index in [2.05, 4.69) is 15.9 Å². The third-order valence-corrected chi connectivity index (χ3v) is 6.27. The first-order valence-electron chi connectivity index (χ1n) is 8.55. The Morgan fingerprint density at radius 3 is 2.30 bits per heavy atom. The molecule has 4 heteroatoms. The van der Waals surface area contributed by atoms with E-state index in [0.717, 1.165) is 48.3 Å². The molecule has 27 heavy (non-hydrogen) atoms. The second-order valence-electron chi connectivity index (χ2n) is 6.74. The van der Waals surface area contributed by atoms with Gasteiger partial charge in [-0.25, -0.2) is 0 Å². The topological polar surface area (TPSA) is 30.2 Å². The van der Waals surface area contributed by atoms with Gasteiger partial charge < -0.3 is 4.42 Å². The lowest BCUT2D eigenvalue weighted by atomic mass is 9.96. The summed E-state index contributed by atoms with van der Waals surface area (Å²) in [5.74, 6) is -0.0179. The van der Waals surface area contributed by atoms with Crippen LogP contribution in [0.15, 0.2) is 69.6 Å². The number of furan rings is 1. The Hall–Kier alpha value is -2.62. The molecule has 5 aromatic rings. The summed E-state index contributed by atoms with van der Waals surface area (Å²) in [7, 11) is 0. The third-order valence-electron chi connectivity index (χ3n) is 5.34. The molecule has 0 amide bonds. The molecule has 0 unspecified atom stereocenters. The lowest BCUT2D eigenvalue weighted by Crippen LogP contribution is -1.95. The molecule has 0 bridgehead atoms. The van der Waals surface area contributed by atoms with E-state index in [4.69, 9.17) is 16.0 Å². The highest BCUT2D eigenvalue weighted by atomic mass is 79.9. The third kappa shape index (κ3) is 1.88. The first kappa shape index (κ1) is 15.4. The van der Waals surface area contributed by atoms with E-state index in [1.165, 1.54) is 0 Å². The molecule has 1 aliphatic rings. The second-order valence-corrected chi connectivity index (χ2v) is 8.00. The predicted molar refractivity (Wildman–Crippen MR) is 113 cm³/mol. The van der Waals surface area contributed by atoms with Gasteiger partial charge in [-0.2, -0.15) is 0 Å². The summed E-state index contributed by atoms with van der Waals surface area (Å²) in [5, 5.41) is 4.51. The molecule has 0 spiro atoms. The molecule has 2 nitrogen and oxygen atoms in total. The fourth-order valence-electron chi connectivity index (χ4n) is 4.20. The summed E-state index contributed by atoms with van der Waals surface area (Å²) >= 11 is 10.1. The first-order valence-corrected chi connectivity index (χ1v) is 9.72. The number of carbonyl (C=O) groups excluding carboxylic acids is 1. The van der Waals surface area contributed by atoms with E-state index in [1.54, 1.807) is 6.07 Å². The first-order chi connectivity index (χ1) is 13.1. The molecule has 0 radical (unpaired) electrons. The van der Waals surface area contributed by atoms with Gasteiger partial charge in [0.15, 0.2) is 5.78 Å². The van der Waals surface area contributed by atoms with Crippen LogP contribution in [0.3, 0.4) is 0 Å². The summed E-state index contributed by atoms with van der Waals surface area (Å²) in [5.41, 5.74) is 4.59. The van der Waals surface area contributed by atoms with Crippen molar-refractivity contribution in [2.24, 2.45) is 0 Å². The predicted octanol–water partition coefficient (Wildman–Crippen LogP) is 7.37. The minimum Gasteiger partial charge on any atom is -0.455 e. The molecular weight excluding hydrogens is 424 g/mol. The van der Waals surface area contributed by atoms with Crippen molar-refractivity contribution in [2.45, 2.75) is 0 Å². The van der Waals surface area contributed by atoms with Crippen LogP contribution in [-0.2, 0) is 0 Å². The van der Waals surface area contributed by atoms with Crippen LogP contribution in [0.5, 0.6) is 0 Å². The molecule has 6 rings (SSSR count). The van der Waals surface area contributed by atoms with Gasteiger partial charge in [0, 0.05) is 47.9 Å². The molecule has 0 atom stereocenters. The smallest absolute Gasteiger partial charge is 0.194 e. The number of benzene rings is 4. The van der Waals surface area contributed by atoms with Gasteiger partial charge in [0.2, 0.25) is 0 Å². The van der Waals surface area contributed by atoms with Crippen molar-refractivity contribution in [3.05, 3.63) is 81.3 Å². The van der Waals surface area contributed by atoms with E-state index >= 15 is 0 Å². The number of carbonyl (C=O) groups is 1. The van der Waals surface area contributed by atoms with Gasteiger partial charge in [-0.3, -0.25) is 4.79 Å². The van der Waals surface area contributed by atoms with Crippen molar-refractivity contribution in [1.82, 2.24) is 0 Å². The average Bonchev–Trinajstić information content (AvgIpc) is 3.19. The number of para-hydroxylation sites is 1. The molecule has 0 saturated heterocycles. The molecule has 1 aliphatic carbocycles. The SMILES string of the molecule is O=C1c2cc(Cl)c3ccccc3c2-c2c1cc(Br)c1c2oc2ccccc21. The van der Waals surface area contributed by atoms with Crippen molar-refractivity contribution in [3.63, 3.8) is 0 Å². The maximum absolute atomic E-state index is 13.2. The number of fused-ring (bicyclic) bond motifs is 9. The van der Waals surface area contributed by atoms with Crippen LogP contribution in [-0.4, -0.2) is 5.78 Å². The van der Waals surface area contributed by atoms with E-state index in [-0.39, 0.29) is 5.78 Å². The van der Waals surface area contributed by atoms with Crippen molar-refractivity contribution in [3.8, 4) is 11.1 Å². The molecule has 0 fully saturated rings. The summed E-state index contributed by atoms with van der Waals surface area (Å²) in [6.45, 7) is 0. The van der Waals surface area contributed by atoms with Gasteiger partial charge in [-0.1, -0.05) is 54.1 Å². The quantitative estimate of drug-likeness (QED) is 0.250. The number of ketones is 1. The van der Waals surface area contributed by atoms with Crippen molar-refractivity contribution < 1.29 is 9.21 Å². The Morgan fingerprint density at radius 2 is 1.48 bits per heavy atom. The molecule has 0 aliphatic heterocycles. The van der Waals surface area contributed by atoms with Gasteiger partial charge in [0.05, 0.1) is 0 Å². The molecule has 1 heterocycles. The zero-order valence-electron chi connectivity index (χ0n) is 13.8. The summed E-state index contributed by atoms with van der Waals surface area (Å²) in [4.78, 5) is 13.2. The Balaban J connectivity index is 1.89. The van der Waals surface area contributed by atoms with Crippen LogP contribution >= 0.6 is 27.5 Å². The van der Waals surface area contributed by atoms with Crippen LogP contribution in [0.2, 0.25) is 5.02 Å². The van der Waals surface area contributed by atoms with Crippen molar-refractivity contribution in [1.29, 1.82) is 0 Å². The monoisotopic (exact) mass is 432 g/mol. The van der Waals surface area contributed by atoms with E-state index in [9.17, 15) is 4.79 Å². The van der Waals surface area contributed by atoms with Crippen LogP contribution in [0.4, 0.5) is 0 Å². The van der Waals surface area contributed by atoms with E-state index in [0.29, 0.717) is 16.1 Å². The van der Waals surface area contributed by atoms with E-state index < -0.39 is 0 Å². The lowest BCUT2D eigenvalue weighted by Gasteiger charge is -2.08. The largest absolute Gasteiger partial charge is 0.455 e. The molecule has 1 aromatic heterocycles. The van der Waals surface area contributed by atoms with Gasteiger partial charge in [-0.05, 0) is 39.5 Å². The fraction of sp³-hybridized carbons (Fsp3) is 0. The number of rotatable bonds is 0. The standard InChI is InChI=1S/C23H10BrClO2/c24-16-9-14-21(23-20(16)13-7-3-4-8-18(13)27-23)19-12-6-2-1-5-11(12)17(25)10-15(19)22(14)26/h1-10H. The van der Waals surface area contributed by atoms with Gasteiger partial charge in [-0.15, -0.1) is 0 Å². The van der Waals surface area contributed by atoms with E-state index in [1.807, 2.05) is 54.6 Å². The summed E-state index contributed by atoms with van der Waals surface area (Å²) in [6.07, 6.45) is 0. The van der Waals surface area contributed by atoms with Crippen LogP contribution in [0.25, 0.3) is 43.8 Å². The zero-order valence-corrected chi connectivity index (χ0v) is 16.2. The molecule has 4 aromatic carbocycles. The lowest BCUT2D eigenvalue weighted by molar-refractivity contribution is 0.104. The van der Waals surface area contributed by atoms with Gasteiger partial charge in [0.1, 0.15) is 11.2 Å². The average molecular weight is 434 g/mol.